The summed E-state index contributed by atoms with van der Waals surface area (Å²) < 4.78 is 11.1. The lowest BCUT2D eigenvalue weighted by atomic mass is 9.84. The van der Waals surface area contributed by atoms with E-state index in [1.54, 1.807) is 11.8 Å². The number of amides is 1. The Morgan fingerprint density at radius 1 is 1.25 bits per heavy atom. The Kier molecular flexibility index (Phi) is 4.61. The van der Waals surface area contributed by atoms with E-state index in [0.29, 0.717) is 30.9 Å². The zero-order chi connectivity index (χ0) is 16.5. The molecule has 5 heteroatoms. The molecule has 0 spiro atoms. The highest BCUT2D eigenvalue weighted by Gasteiger charge is 2.42. The number of hydrogen-bond donors (Lipinski definition) is 1. The first kappa shape index (κ1) is 16.1. The van der Waals surface area contributed by atoms with Gasteiger partial charge in [0.1, 0.15) is 13.2 Å². The van der Waals surface area contributed by atoms with Crippen LogP contribution in [0.1, 0.15) is 32.6 Å². The number of nitrogens with one attached hydrogen (secondary N) is 1. The Bertz CT molecular complexity index is 621. The fourth-order valence-electron chi connectivity index (χ4n) is 4.57. The topological polar surface area (TPSA) is 47.6 Å². The van der Waals surface area contributed by atoms with Gasteiger partial charge < -0.3 is 14.8 Å². The molecule has 1 N–H and O–H groups in total. The number of hydrogen-bond acceptors (Lipinski definition) is 4. The van der Waals surface area contributed by atoms with Crippen molar-refractivity contribution in [3.8, 4) is 11.5 Å². The molecule has 2 aliphatic carbocycles. The van der Waals surface area contributed by atoms with Crippen LogP contribution in [-0.4, -0.2) is 30.9 Å². The second-order valence-electron chi connectivity index (χ2n) is 7.29. The third-order valence-corrected chi connectivity index (χ3v) is 6.70. The number of rotatable bonds is 5. The molecule has 4 atom stereocenters. The Hall–Kier alpha value is -1.36. The normalized spacial score (nSPS) is 28.6. The predicted molar refractivity (Wildman–Crippen MR) is 94.7 cm³/mol. The van der Waals surface area contributed by atoms with Crippen molar-refractivity contribution in [2.75, 3.05) is 19.0 Å². The summed E-state index contributed by atoms with van der Waals surface area (Å²) in [5.41, 5.74) is 0. The lowest BCUT2D eigenvalue weighted by molar-refractivity contribution is -0.119. The molecule has 4 unspecified atom stereocenters. The average molecular weight is 347 g/mol. The number of carbonyl (C=O) groups excluding carboxylic acids is 1. The Morgan fingerprint density at radius 3 is 2.83 bits per heavy atom. The van der Waals surface area contributed by atoms with Gasteiger partial charge in [-0.25, -0.2) is 0 Å². The van der Waals surface area contributed by atoms with Crippen molar-refractivity contribution in [3.05, 3.63) is 18.2 Å². The first-order valence-corrected chi connectivity index (χ1v) is 9.99. The highest BCUT2D eigenvalue weighted by molar-refractivity contribution is 8.00. The molecule has 1 aliphatic heterocycles. The van der Waals surface area contributed by atoms with Gasteiger partial charge in [-0.3, -0.25) is 4.79 Å². The van der Waals surface area contributed by atoms with Crippen molar-refractivity contribution in [2.45, 2.75) is 43.5 Å². The van der Waals surface area contributed by atoms with E-state index < -0.39 is 0 Å². The lowest BCUT2D eigenvalue weighted by Crippen LogP contribution is -2.40. The van der Waals surface area contributed by atoms with Gasteiger partial charge in [-0.05, 0) is 62.1 Å². The van der Waals surface area contributed by atoms with Gasteiger partial charge in [0.15, 0.2) is 11.5 Å². The molecule has 2 bridgehead atoms. The van der Waals surface area contributed by atoms with Crippen LogP contribution in [0.5, 0.6) is 11.5 Å². The van der Waals surface area contributed by atoms with Gasteiger partial charge >= 0.3 is 0 Å². The minimum Gasteiger partial charge on any atom is -0.486 e. The van der Waals surface area contributed by atoms with Crippen molar-refractivity contribution in [2.24, 2.45) is 17.8 Å². The fourth-order valence-corrected chi connectivity index (χ4v) is 5.31. The maximum atomic E-state index is 12.3. The molecule has 0 saturated heterocycles. The van der Waals surface area contributed by atoms with Crippen LogP contribution in [0.25, 0.3) is 0 Å². The predicted octanol–water partition coefficient (Wildman–Crippen LogP) is 3.49. The van der Waals surface area contributed by atoms with Crippen molar-refractivity contribution in [3.63, 3.8) is 0 Å². The number of benzene rings is 1. The zero-order valence-corrected chi connectivity index (χ0v) is 14.9. The van der Waals surface area contributed by atoms with Crippen LogP contribution >= 0.6 is 11.8 Å². The third kappa shape index (κ3) is 3.37. The fraction of sp³-hybridized carbons (Fsp3) is 0.632. The Balaban J connectivity index is 1.27. The maximum absolute atomic E-state index is 12.3. The van der Waals surface area contributed by atoms with E-state index in [0.717, 1.165) is 28.2 Å². The Labute approximate surface area is 147 Å². The van der Waals surface area contributed by atoms with E-state index in [2.05, 4.69) is 12.2 Å². The Morgan fingerprint density at radius 2 is 2.08 bits per heavy atom. The molecule has 3 aliphatic rings. The minimum absolute atomic E-state index is 0.130. The van der Waals surface area contributed by atoms with Crippen LogP contribution in [-0.2, 0) is 4.79 Å². The van der Waals surface area contributed by atoms with Gasteiger partial charge in [-0.1, -0.05) is 6.42 Å². The molecular weight excluding hydrogens is 322 g/mol. The third-order valence-electron chi connectivity index (χ3n) is 5.71. The molecule has 1 aromatic carbocycles. The summed E-state index contributed by atoms with van der Waals surface area (Å²) in [6, 6.07) is 6.18. The molecule has 1 amide bonds. The van der Waals surface area contributed by atoms with E-state index in [4.69, 9.17) is 9.47 Å². The lowest BCUT2D eigenvalue weighted by Gasteiger charge is -2.28. The second-order valence-corrected chi connectivity index (χ2v) is 8.34. The molecule has 0 radical (unpaired) electrons. The molecule has 2 fully saturated rings. The standard InChI is InChI=1S/C19H25NO3S/c1-12(16-9-13-2-3-14(16)8-13)20-19(21)11-24-15-4-5-17-18(10-15)23-7-6-22-17/h4-5,10,12-14,16H,2-3,6-9,11H2,1H3,(H,20,21). The second kappa shape index (κ2) is 6.87. The summed E-state index contributed by atoms with van der Waals surface area (Å²) in [6.07, 6.45) is 5.46. The first-order chi connectivity index (χ1) is 11.7. The number of ether oxygens (including phenoxy) is 2. The van der Waals surface area contributed by atoms with Crippen LogP contribution < -0.4 is 14.8 Å². The monoisotopic (exact) mass is 347 g/mol. The molecular formula is C19H25NO3S. The number of carbonyl (C=O) groups is 1. The largest absolute Gasteiger partial charge is 0.486 e. The smallest absolute Gasteiger partial charge is 0.230 e. The summed E-state index contributed by atoms with van der Waals surface area (Å²) in [6.45, 7) is 3.36. The van der Waals surface area contributed by atoms with E-state index >= 15 is 0 Å². The number of thioether (sulfide) groups is 1. The van der Waals surface area contributed by atoms with E-state index in [1.165, 1.54) is 25.7 Å². The quantitative estimate of drug-likeness (QED) is 0.828. The van der Waals surface area contributed by atoms with Crippen LogP contribution in [0.3, 0.4) is 0 Å². The van der Waals surface area contributed by atoms with E-state index in [9.17, 15) is 4.79 Å². The zero-order valence-electron chi connectivity index (χ0n) is 14.1. The van der Waals surface area contributed by atoms with Crippen molar-refractivity contribution in [1.29, 1.82) is 0 Å². The summed E-state index contributed by atoms with van der Waals surface area (Å²) in [4.78, 5) is 13.3. The SMILES string of the molecule is CC(NC(=O)CSc1ccc2c(c1)OCCO2)C1CC2CCC1C2. The van der Waals surface area contributed by atoms with Gasteiger partial charge in [-0.15, -0.1) is 11.8 Å². The average Bonchev–Trinajstić information content (AvgIpc) is 3.23. The molecule has 1 heterocycles. The van der Waals surface area contributed by atoms with Crippen LogP contribution in [0.15, 0.2) is 23.1 Å². The van der Waals surface area contributed by atoms with E-state index in [-0.39, 0.29) is 5.91 Å². The first-order valence-electron chi connectivity index (χ1n) is 9.01. The minimum atomic E-state index is 0.130. The summed E-state index contributed by atoms with van der Waals surface area (Å²) in [7, 11) is 0. The highest BCUT2D eigenvalue weighted by atomic mass is 32.2. The summed E-state index contributed by atoms with van der Waals surface area (Å²) in [5.74, 6) is 4.60. The van der Waals surface area contributed by atoms with Crippen LogP contribution in [0.4, 0.5) is 0 Å². The summed E-state index contributed by atoms with van der Waals surface area (Å²) >= 11 is 1.55. The molecule has 1 aromatic rings. The molecule has 4 nitrogen and oxygen atoms in total. The summed E-state index contributed by atoms with van der Waals surface area (Å²) in [5, 5.41) is 3.22. The highest BCUT2D eigenvalue weighted by Crippen LogP contribution is 2.49. The molecule has 2 saturated carbocycles. The maximum Gasteiger partial charge on any atom is 0.230 e. The van der Waals surface area contributed by atoms with Gasteiger partial charge in [0.05, 0.1) is 5.75 Å². The van der Waals surface area contributed by atoms with Gasteiger partial charge in [0.2, 0.25) is 5.91 Å². The van der Waals surface area contributed by atoms with Crippen molar-refractivity contribution >= 4 is 17.7 Å². The molecule has 24 heavy (non-hydrogen) atoms. The van der Waals surface area contributed by atoms with Crippen molar-refractivity contribution in [1.82, 2.24) is 5.32 Å². The van der Waals surface area contributed by atoms with Gasteiger partial charge in [-0.2, -0.15) is 0 Å². The van der Waals surface area contributed by atoms with Crippen LogP contribution in [0, 0.1) is 17.8 Å². The molecule has 130 valence electrons. The molecule has 4 rings (SSSR count). The van der Waals surface area contributed by atoms with Gasteiger partial charge in [0, 0.05) is 10.9 Å². The molecule has 0 aromatic heterocycles. The van der Waals surface area contributed by atoms with Crippen LogP contribution in [0.2, 0.25) is 0 Å². The van der Waals surface area contributed by atoms with E-state index in [1.807, 2.05) is 18.2 Å². The number of fused-ring (bicyclic) bond motifs is 3. The van der Waals surface area contributed by atoms with Crippen molar-refractivity contribution < 1.29 is 14.3 Å². The van der Waals surface area contributed by atoms with Gasteiger partial charge in [0.25, 0.3) is 0 Å².